The fourth-order valence-electron chi connectivity index (χ4n) is 6.47. The summed E-state index contributed by atoms with van der Waals surface area (Å²) >= 11 is 0. The molecule has 0 bridgehead atoms. The number of H-pyrrole nitrogens is 1. The number of anilines is 2. The lowest BCUT2D eigenvalue weighted by molar-refractivity contribution is -0.126. The molecular weight excluding hydrogens is 600 g/mol. The molecule has 5 heterocycles. The van der Waals surface area contributed by atoms with Crippen LogP contribution in [0.5, 0.6) is 0 Å². The molecule has 2 N–H and O–H groups in total. The molecule has 12 heteroatoms. The lowest BCUT2D eigenvalue weighted by Gasteiger charge is -2.43. The van der Waals surface area contributed by atoms with E-state index in [1.807, 2.05) is 17.0 Å². The molecule has 1 unspecified atom stereocenters. The van der Waals surface area contributed by atoms with E-state index in [0.29, 0.717) is 30.3 Å². The predicted octanol–water partition coefficient (Wildman–Crippen LogP) is 5.30. The molecule has 2 aliphatic heterocycles. The number of nitrogens with one attached hydrogen (secondary N) is 2. The number of piperazine rings is 1. The van der Waals surface area contributed by atoms with Crippen molar-refractivity contribution in [3.8, 4) is 22.6 Å². The van der Waals surface area contributed by atoms with Crippen molar-refractivity contribution in [1.82, 2.24) is 34.9 Å². The van der Waals surface area contributed by atoms with Gasteiger partial charge in [0.15, 0.2) is 5.82 Å². The Kier molecular flexibility index (Phi) is 8.10. The molecule has 2 aliphatic rings. The van der Waals surface area contributed by atoms with E-state index in [1.54, 1.807) is 55.0 Å². The van der Waals surface area contributed by atoms with Crippen LogP contribution < -0.4 is 10.2 Å². The van der Waals surface area contributed by atoms with Gasteiger partial charge in [0.05, 0.1) is 11.2 Å². The zero-order valence-corrected chi connectivity index (χ0v) is 26.0. The van der Waals surface area contributed by atoms with Crippen LogP contribution in [-0.2, 0) is 4.79 Å². The molecule has 3 aromatic heterocycles. The fourth-order valence-corrected chi connectivity index (χ4v) is 6.47. The van der Waals surface area contributed by atoms with Gasteiger partial charge in [0.25, 0.3) is 5.91 Å². The van der Waals surface area contributed by atoms with Crippen molar-refractivity contribution >= 4 is 28.3 Å². The maximum absolute atomic E-state index is 16.1. The lowest BCUT2D eigenvalue weighted by Crippen LogP contribution is -2.52. The molecule has 0 radical (unpaired) electrons. The molecule has 10 nitrogen and oxygen atoms in total. The number of fused-ring (bicyclic) bond motifs is 1. The summed E-state index contributed by atoms with van der Waals surface area (Å²) in [5, 5.41) is 10.8. The van der Waals surface area contributed by atoms with Gasteiger partial charge in [-0.25, -0.2) is 23.7 Å². The molecular formula is C35H35F2N9O. The second-order valence-electron chi connectivity index (χ2n) is 12.3. The van der Waals surface area contributed by atoms with Gasteiger partial charge in [0, 0.05) is 98.2 Å². The Labute approximate surface area is 271 Å². The van der Waals surface area contributed by atoms with Gasteiger partial charge >= 0.3 is 0 Å². The third-order valence-corrected chi connectivity index (χ3v) is 8.98. The van der Waals surface area contributed by atoms with Crippen molar-refractivity contribution in [1.29, 1.82) is 0 Å². The Morgan fingerprint density at radius 3 is 2.57 bits per heavy atom. The molecule has 1 amide bonds. The summed E-state index contributed by atoms with van der Waals surface area (Å²) in [7, 11) is 0. The Bertz CT molecular complexity index is 1900. The van der Waals surface area contributed by atoms with E-state index in [0.717, 1.165) is 53.2 Å². The minimum atomic E-state index is -2.03. The topological polar surface area (TPSA) is 106 Å². The number of alkyl halides is 1. The van der Waals surface area contributed by atoms with Gasteiger partial charge in [0.2, 0.25) is 5.67 Å². The summed E-state index contributed by atoms with van der Waals surface area (Å²) in [5.74, 6) is 0.533. The summed E-state index contributed by atoms with van der Waals surface area (Å²) < 4.78 is 29.5. The van der Waals surface area contributed by atoms with Crippen LogP contribution in [0.1, 0.15) is 13.3 Å². The highest BCUT2D eigenvalue weighted by atomic mass is 19.1. The van der Waals surface area contributed by atoms with Crippen LogP contribution in [0.15, 0.2) is 91.5 Å². The number of carbonyl (C=O) groups is 1. The van der Waals surface area contributed by atoms with Crippen LogP contribution in [0, 0.1) is 5.82 Å². The molecule has 2 saturated heterocycles. The van der Waals surface area contributed by atoms with E-state index in [2.05, 4.69) is 53.8 Å². The SMILES string of the molecule is C=C(CN1CCC(F)(C(=O)Nc2ccc3[nH]nc(-c4ccc(F)cc4)c3c2)C1)N1CCN(c2ccc(-c3ncccn3)cn2)C[C@H]1C. The van der Waals surface area contributed by atoms with Crippen molar-refractivity contribution in [3.63, 3.8) is 0 Å². The number of aromatic nitrogens is 5. The van der Waals surface area contributed by atoms with E-state index in [-0.39, 0.29) is 24.8 Å². The molecule has 0 saturated carbocycles. The Morgan fingerprint density at radius 2 is 1.83 bits per heavy atom. The third-order valence-electron chi connectivity index (χ3n) is 8.98. The monoisotopic (exact) mass is 635 g/mol. The Morgan fingerprint density at radius 1 is 1.04 bits per heavy atom. The third kappa shape index (κ3) is 6.28. The number of amides is 1. The van der Waals surface area contributed by atoms with E-state index >= 15 is 4.39 Å². The maximum Gasteiger partial charge on any atom is 0.263 e. The van der Waals surface area contributed by atoms with Crippen molar-refractivity contribution < 1.29 is 13.6 Å². The van der Waals surface area contributed by atoms with Gasteiger partial charge in [-0.2, -0.15) is 5.10 Å². The summed E-state index contributed by atoms with van der Waals surface area (Å²) in [4.78, 5) is 32.9. The highest BCUT2D eigenvalue weighted by Crippen LogP contribution is 2.32. The largest absolute Gasteiger partial charge is 0.368 e. The number of rotatable bonds is 8. The summed E-state index contributed by atoms with van der Waals surface area (Å²) in [6.07, 6.45) is 5.32. The molecule has 2 fully saturated rings. The van der Waals surface area contributed by atoms with E-state index in [4.69, 9.17) is 0 Å². The predicted molar refractivity (Wildman–Crippen MR) is 178 cm³/mol. The number of halogens is 2. The number of carbonyl (C=O) groups excluding carboxylic acids is 1. The summed E-state index contributed by atoms with van der Waals surface area (Å²) in [6, 6.07) is 17.2. The molecule has 5 aromatic rings. The van der Waals surface area contributed by atoms with Gasteiger partial charge < -0.3 is 15.1 Å². The van der Waals surface area contributed by atoms with Crippen LogP contribution in [-0.4, -0.2) is 91.8 Å². The Balaban J connectivity index is 0.939. The fraction of sp³-hybridized carbons (Fsp3) is 0.286. The minimum Gasteiger partial charge on any atom is -0.368 e. The quantitative estimate of drug-likeness (QED) is 0.237. The number of likely N-dealkylation sites (tertiary alicyclic amines) is 1. The van der Waals surface area contributed by atoms with Gasteiger partial charge in [-0.05, 0) is 67.6 Å². The van der Waals surface area contributed by atoms with Crippen molar-refractivity contribution in [2.45, 2.75) is 25.1 Å². The smallest absolute Gasteiger partial charge is 0.263 e. The molecule has 47 heavy (non-hydrogen) atoms. The number of pyridine rings is 1. The molecule has 0 spiro atoms. The first kappa shape index (κ1) is 30.4. The van der Waals surface area contributed by atoms with E-state index in [9.17, 15) is 9.18 Å². The number of benzene rings is 2. The normalized spacial score (nSPS) is 20.1. The van der Waals surface area contributed by atoms with Crippen LogP contribution in [0.4, 0.5) is 20.3 Å². The van der Waals surface area contributed by atoms with Crippen LogP contribution in [0.25, 0.3) is 33.5 Å². The molecule has 240 valence electrons. The number of hydrogen-bond donors (Lipinski definition) is 2. The molecule has 0 aliphatic carbocycles. The van der Waals surface area contributed by atoms with Crippen LogP contribution in [0.2, 0.25) is 0 Å². The summed E-state index contributed by atoms with van der Waals surface area (Å²) in [6.45, 7) is 9.72. The molecule has 2 aromatic carbocycles. The highest BCUT2D eigenvalue weighted by Gasteiger charge is 2.45. The first-order valence-electron chi connectivity index (χ1n) is 15.7. The average Bonchev–Trinajstić information content (AvgIpc) is 3.69. The van der Waals surface area contributed by atoms with Gasteiger partial charge in [-0.3, -0.25) is 14.8 Å². The number of aromatic amines is 1. The molecule has 2 atom stereocenters. The van der Waals surface area contributed by atoms with Crippen molar-refractivity contribution in [3.05, 3.63) is 97.3 Å². The first-order valence-corrected chi connectivity index (χ1v) is 15.7. The number of hydrogen-bond acceptors (Lipinski definition) is 8. The standard InChI is InChI=1S/C35H35F2N9O/c1-23(46-17-16-45(21-24(46)2)31-11-6-26(19-40-31)33-38-13-3-14-39-33)20-44-15-12-35(37,22-44)34(47)41-28-9-10-30-29(18-28)32(43-42-30)25-4-7-27(36)8-5-25/h3-11,13-14,18-19,24H,1,12,15-17,20-22H2,2H3,(H,41,47)(H,42,43)/t24-,35?/m1/s1. The second-order valence-corrected chi connectivity index (χ2v) is 12.3. The first-order chi connectivity index (χ1) is 22.8. The summed E-state index contributed by atoms with van der Waals surface area (Å²) in [5.41, 5.74) is 2.33. The lowest BCUT2D eigenvalue weighted by atomic mass is 10.0. The van der Waals surface area contributed by atoms with Crippen molar-refractivity contribution in [2.24, 2.45) is 0 Å². The second kappa shape index (κ2) is 12.5. The van der Waals surface area contributed by atoms with Gasteiger partial charge in [-0.1, -0.05) is 6.58 Å². The number of nitrogens with zero attached hydrogens (tertiary/aromatic N) is 7. The van der Waals surface area contributed by atoms with Crippen LogP contribution >= 0.6 is 0 Å². The Hall–Kier alpha value is -5.23. The van der Waals surface area contributed by atoms with Crippen molar-refractivity contribution in [2.75, 3.05) is 49.5 Å². The zero-order valence-electron chi connectivity index (χ0n) is 26.0. The van der Waals surface area contributed by atoms with E-state index in [1.165, 1.54) is 12.1 Å². The zero-order chi connectivity index (χ0) is 32.5. The van der Waals surface area contributed by atoms with Crippen LogP contribution in [0.3, 0.4) is 0 Å². The maximum atomic E-state index is 16.1. The molecule has 7 rings (SSSR count). The minimum absolute atomic E-state index is 0.0115. The average molecular weight is 636 g/mol. The van der Waals surface area contributed by atoms with E-state index < -0.39 is 11.6 Å². The highest BCUT2D eigenvalue weighted by molar-refractivity contribution is 6.01. The van der Waals surface area contributed by atoms with Gasteiger partial charge in [-0.15, -0.1) is 0 Å². The van der Waals surface area contributed by atoms with Gasteiger partial charge in [0.1, 0.15) is 11.6 Å².